The van der Waals surface area contributed by atoms with Crippen LogP contribution in [0, 0.1) is 11.7 Å². The largest absolute Gasteiger partial charge is 0.379 e. The molecule has 1 atom stereocenters. The van der Waals surface area contributed by atoms with Crippen LogP contribution < -0.4 is 5.32 Å². The SMILES string of the molecule is CCNC(=NCc1ccc(Br)c(F)c1)N1CCC(CN2CCOCC2)C1. The molecule has 1 aromatic rings. The van der Waals surface area contributed by atoms with Crippen LogP contribution in [0.2, 0.25) is 0 Å². The van der Waals surface area contributed by atoms with Gasteiger partial charge in [0.2, 0.25) is 0 Å². The second-order valence-corrected chi connectivity index (χ2v) is 7.79. The van der Waals surface area contributed by atoms with Crippen LogP contribution >= 0.6 is 15.9 Å². The molecule has 1 unspecified atom stereocenters. The van der Waals surface area contributed by atoms with Gasteiger partial charge in [0.05, 0.1) is 24.2 Å². The van der Waals surface area contributed by atoms with Gasteiger partial charge in [-0.25, -0.2) is 9.38 Å². The summed E-state index contributed by atoms with van der Waals surface area (Å²) in [5, 5.41) is 3.38. The Hall–Kier alpha value is -1.18. The van der Waals surface area contributed by atoms with Crippen LogP contribution in [0.5, 0.6) is 0 Å². The number of rotatable bonds is 5. The number of nitrogens with one attached hydrogen (secondary N) is 1. The van der Waals surface area contributed by atoms with Crippen molar-refractivity contribution in [2.75, 3.05) is 52.5 Å². The Morgan fingerprint density at radius 3 is 2.88 bits per heavy atom. The number of ether oxygens (including phenoxy) is 1. The van der Waals surface area contributed by atoms with E-state index in [1.165, 1.54) is 6.42 Å². The van der Waals surface area contributed by atoms with E-state index in [4.69, 9.17) is 9.73 Å². The lowest BCUT2D eigenvalue weighted by Crippen LogP contribution is -2.42. The average Bonchev–Trinajstić information content (AvgIpc) is 3.10. The molecule has 1 N–H and O–H groups in total. The molecule has 26 heavy (non-hydrogen) atoms. The van der Waals surface area contributed by atoms with Crippen LogP contribution in [0.15, 0.2) is 27.7 Å². The molecule has 1 aromatic carbocycles. The molecule has 0 saturated carbocycles. The Bertz CT molecular complexity index is 622. The molecule has 0 aromatic heterocycles. The summed E-state index contributed by atoms with van der Waals surface area (Å²) in [5.41, 5.74) is 0.880. The number of hydrogen-bond acceptors (Lipinski definition) is 3. The average molecular weight is 427 g/mol. The molecule has 0 amide bonds. The molecule has 2 fully saturated rings. The van der Waals surface area contributed by atoms with E-state index >= 15 is 0 Å². The molecule has 2 aliphatic heterocycles. The van der Waals surface area contributed by atoms with Gasteiger partial charge in [-0.1, -0.05) is 6.07 Å². The maximum absolute atomic E-state index is 13.7. The number of aliphatic imine (C=N–C) groups is 1. The Balaban J connectivity index is 1.57. The quantitative estimate of drug-likeness (QED) is 0.580. The van der Waals surface area contributed by atoms with Crippen molar-refractivity contribution in [3.05, 3.63) is 34.1 Å². The minimum atomic E-state index is -0.241. The Labute approximate surface area is 163 Å². The molecule has 0 spiro atoms. The van der Waals surface area contributed by atoms with Crippen molar-refractivity contribution in [3.8, 4) is 0 Å². The van der Waals surface area contributed by atoms with E-state index in [9.17, 15) is 4.39 Å². The number of benzene rings is 1. The van der Waals surface area contributed by atoms with Crippen molar-refractivity contribution >= 4 is 21.9 Å². The molecular formula is C19H28BrFN4O. The van der Waals surface area contributed by atoms with E-state index in [1.807, 2.05) is 6.07 Å². The zero-order chi connectivity index (χ0) is 18.4. The van der Waals surface area contributed by atoms with Crippen LogP contribution in [0.4, 0.5) is 4.39 Å². The van der Waals surface area contributed by atoms with Gasteiger partial charge in [-0.3, -0.25) is 4.90 Å². The standard InChI is InChI=1S/C19H28BrFN4O/c1-2-22-19(23-12-15-3-4-17(20)18(21)11-15)25-6-5-16(14-25)13-24-7-9-26-10-8-24/h3-4,11,16H,2,5-10,12-14H2,1H3,(H,22,23). The van der Waals surface area contributed by atoms with E-state index in [2.05, 4.69) is 38.0 Å². The summed E-state index contributed by atoms with van der Waals surface area (Å²) in [6.07, 6.45) is 1.19. The fraction of sp³-hybridized carbons (Fsp3) is 0.632. The van der Waals surface area contributed by atoms with Crippen molar-refractivity contribution in [1.82, 2.24) is 15.1 Å². The van der Waals surface area contributed by atoms with Gasteiger partial charge < -0.3 is 15.0 Å². The minimum Gasteiger partial charge on any atom is -0.379 e. The molecule has 2 heterocycles. The van der Waals surface area contributed by atoms with Gasteiger partial charge in [0.15, 0.2) is 5.96 Å². The van der Waals surface area contributed by atoms with Crippen molar-refractivity contribution < 1.29 is 9.13 Å². The van der Waals surface area contributed by atoms with Gasteiger partial charge in [0.1, 0.15) is 5.82 Å². The van der Waals surface area contributed by atoms with E-state index < -0.39 is 0 Å². The van der Waals surface area contributed by atoms with Crippen molar-refractivity contribution in [3.63, 3.8) is 0 Å². The highest BCUT2D eigenvalue weighted by Gasteiger charge is 2.27. The Morgan fingerprint density at radius 1 is 1.35 bits per heavy atom. The maximum atomic E-state index is 13.7. The molecule has 5 nitrogen and oxygen atoms in total. The number of guanidine groups is 1. The summed E-state index contributed by atoms with van der Waals surface area (Å²) < 4.78 is 19.6. The highest BCUT2D eigenvalue weighted by Crippen LogP contribution is 2.19. The topological polar surface area (TPSA) is 40.1 Å². The molecule has 0 radical (unpaired) electrons. The van der Waals surface area contributed by atoms with Crippen LogP contribution in [-0.4, -0.2) is 68.2 Å². The highest BCUT2D eigenvalue weighted by atomic mass is 79.9. The highest BCUT2D eigenvalue weighted by molar-refractivity contribution is 9.10. The first-order chi connectivity index (χ1) is 12.7. The zero-order valence-corrected chi connectivity index (χ0v) is 17.0. The second-order valence-electron chi connectivity index (χ2n) is 6.93. The molecule has 144 valence electrons. The normalized spacial score (nSPS) is 22.0. The van der Waals surface area contributed by atoms with Gasteiger partial charge in [-0.15, -0.1) is 0 Å². The molecular weight excluding hydrogens is 399 g/mol. The molecule has 2 saturated heterocycles. The third-order valence-corrected chi connectivity index (χ3v) is 5.58. The van der Waals surface area contributed by atoms with Crippen LogP contribution in [0.1, 0.15) is 18.9 Å². The minimum absolute atomic E-state index is 0.241. The number of nitrogens with zero attached hydrogens (tertiary/aromatic N) is 3. The number of morpholine rings is 1. The Morgan fingerprint density at radius 2 is 2.15 bits per heavy atom. The second kappa shape index (κ2) is 9.67. The van der Waals surface area contributed by atoms with Gasteiger partial charge in [0.25, 0.3) is 0 Å². The maximum Gasteiger partial charge on any atom is 0.194 e. The fourth-order valence-corrected chi connectivity index (χ4v) is 3.80. The van der Waals surface area contributed by atoms with Crippen molar-refractivity contribution in [2.24, 2.45) is 10.9 Å². The Kier molecular flexibility index (Phi) is 7.28. The lowest BCUT2D eigenvalue weighted by atomic mass is 10.1. The summed E-state index contributed by atoms with van der Waals surface area (Å²) >= 11 is 3.19. The zero-order valence-electron chi connectivity index (χ0n) is 15.4. The van der Waals surface area contributed by atoms with Gasteiger partial charge in [0, 0.05) is 39.3 Å². The van der Waals surface area contributed by atoms with E-state index in [0.717, 1.165) is 64.0 Å². The third-order valence-electron chi connectivity index (χ3n) is 4.94. The molecule has 2 aliphatic rings. The first-order valence-electron chi connectivity index (χ1n) is 9.43. The van der Waals surface area contributed by atoms with Crippen LogP contribution in [-0.2, 0) is 11.3 Å². The summed E-state index contributed by atoms with van der Waals surface area (Å²) in [6, 6.07) is 5.19. The third kappa shape index (κ3) is 5.41. The van der Waals surface area contributed by atoms with E-state index in [1.54, 1.807) is 12.1 Å². The smallest absolute Gasteiger partial charge is 0.194 e. The lowest BCUT2D eigenvalue weighted by Gasteiger charge is -2.29. The monoisotopic (exact) mass is 426 g/mol. The molecule has 0 aliphatic carbocycles. The van der Waals surface area contributed by atoms with Gasteiger partial charge in [-0.2, -0.15) is 0 Å². The number of likely N-dealkylation sites (tertiary alicyclic amines) is 1. The predicted octanol–water partition coefficient (Wildman–Crippen LogP) is 2.71. The first-order valence-corrected chi connectivity index (χ1v) is 10.2. The summed E-state index contributed by atoms with van der Waals surface area (Å²) in [6.45, 7) is 10.4. The van der Waals surface area contributed by atoms with Crippen LogP contribution in [0.3, 0.4) is 0 Å². The number of hydrogen-bond donors (Lipinski definition) is 1. The summed E-state index contributed by atoms with van der Waals surface area (Å²) in [7, 11) is 0. The van der Waals surface area contributed by atoms with Crippen LogP contribution in [0.25, 0.3) is 0 Å². The lowest BCUT2D eigenvalue weighted by molar-refractivity contribution is 0.0315. The predicted molar refractivity (Wildman–Crippen MR) is 106 cm³/mol. The van der Waals surface area contributed by atoms with Gasteiger partial charge >= 0.3 is 0 Å². The summed E-state index contributed by atoms with van der Waals surface area (Å²) in [5.74, 6) is 1.36. The molecule has 0 bridgehead atoms. The van der Waals surface area contributed by atoms with Crippen molar-refractivity contribution in [2.45, 2.75) is 19.9 Å². The van der Waals surface area contributed by atoms with Gasteiger partial charge in [-0.05, 0) is 52.9 Å². The first kappa shape index (κ1) is 19.6. The fourth-order valence-electron chi connectivity index (χ4n) is 3.55. The summed E-state index contributed by atoms with van der Waals surface area (Å²) in [4.78, 5) is 9.58. The number of halogens is 2. The molecule has 7 heteroatoms. The molecule has 3 rings (SSSR count). The van der Waals surface area contributed by atoms with E-state index in [0.29, 0.717) is 16.9 Å². The van der Waals surface area contributed by atoms with Crippen molar-refractivity contribution in [1.29, 1.82) is 0 Å². The van der Waals surface area contributed by atoms with E-state index in [-0.39, 0.29) is 5.82 Å².